The lowest BCUT2D eigenvalue weighted by Crippen LogP contribution is -2.00. The summed E-state index contributed by atoms with van der Waals surface area (Å²) in [6, 6.07) is 18.5. The van der Waals surface area contributed by atoms with E-state index in [1.807, 2.05) is 0 Å². The molecule has 5 heteroatoms. The van der Waals surface area contributed by atoms with Gasteiger partial charge >= 0.3 is 0 Å². The van der Waals surface area contributed by atoms with Crippen LogP contribution in [-0.4, -0.2) is 22.4 Å². The number of phenolic OH excluding ortho intramolecular Hbond substituents is 2. The van der Waals surface area contributed by atoms with Gasteiger partial charge < -0.3 is 24.5 Å². The van der Waals surface area contributed by atoms with Gasteiger partial charge in [-0.3, -0.25) is 0 Å². The van der Waals surface area contributed by atoms with E-state index in [4.69, 9.17) is 9.15 Å². The van der Waals surface area contributed by atoms with Crippen LogP contribution >= 0.6 is 0 Å². The van der Waals surface area contributed by atoms with Gasteiger partial charge in [-0.15, -0.1) is 0 Å². The van der Waals surface area contributed by atoms with Crippen LogP contribution < -0.4 is 4.74 Å². The monoisotopic (exact) mass is 362 g/mol. The standard InChI is InChI=1S/C22H18O5/c1-26-17-9-4-13(5-10-17)21(25)20-18-11-8-16(24)12-19(18)27-22(20)14-2-6-15(23)7-3-14/h2-12,21,23-25H,1H3. The SMILES string of the molecule is COc1ccc(C(O)c2c(-c3ccc(O)cc3)oc3cc(O)ccc23)cc1. The molecule has 0 amide bonds. The number of fused-ring (bicyclic) bond motifs is 1. The number of benzene rings is 3. The van der Waals surface area contributed by atoms with Crippen LogP contribution in [0.4, 0.5) is 0 Å². The topological polar surface area (TPSA) is 83.1 Å². The van der Waals surface area contributed by atoms with Gasteiger partial charge in [0.1, 0.15) is 34.7 Å². The first kappa shape index (κ1) is 17.0. The Morgan fingerprint density at radius 1 is 0.852 bits per heavy atom. The van der Waals surface area contributed by atoms with Crippen LogP contribution in [0.1, 0.15) is 17.2 Å². The Kier molecular flexibility index (Phi) is 4.22. The predicted molar refractivity (Wildman–Crippen MR) is 102 cm³/mol. The zero-order valence-electron chi connectivity index (χ0n) is 14.6. The van der Waals surface area contributed by atoms with E-state index in [0.717, 1.165) is 0 Å². The molecule has 0 radical (unpaired) electrons. The smallest absolute Gasteiger partial charge is 0.141 e. The van der Waals surface area contributed by atoms with Gasteiger partial charge in [0.2, 0.25) is 0 Å². The minimum atomic E-state index is -0.939. The van der Waals surface area contributed by atoms with E-state index >= 15 is 0 Å². The van der Waals surface area contributed by atoms with E-state index in [2.05, 4.69) is 0 Å². The molecule has 0 aliphatic rings. The fourth-order valence-corrected chi connectivity index (χ4v) is 3.16. The van der Waals surface area contributed by atoms with Crippen molar-refractivity contribution in [2.45, 2.75) is 6.10 Å². The van der Waals surface area contributed by atoms with Crippen molar-refractivity contribution in [3.63, 3.8) is 0 Å². The molecule has 1 heterocycles. The molecule has 0 spiro atoms. The molecule has 1 unspecified atom stereocenters. The molecule has 0 saturated heterocycles. The van der Waals surface area contributed by atoms with E-state index in [9.17, 15) is 15.3 Å². The van der Waals surface area contributed by atoms with Crippen molar-refractivity contribution >= 4 is 11.0 Å². The number of methoxy groups -OCH3 is 1. The van der Waals surface area contributed by atoms with Crippen molar-refractivity contribution in [3.8, 4) is 28.6 Å². The van der Waals surface area contributed by atoms with E-state index in [1.54, 1.807) is 67.8 Å². The van der Waals surface area contributed by atoms with Gasteiger partial charge in [0.15, 0.2) is 0 Å². The largest absolute Gasteiger partial charge is 0.508 e. The highest BCUT2D eigenvalue weighted by Gasteiger charge is 2.24. The fraction of sp³-hybridized carbons (Fsp3) is 0.0909. The molecular weight excluding hydrogens is 344 g/mol. The zero-order valence-corrected chi connectivity index (χ0v) is 14.6. The molecule has 136 valence electrons. The molecule has 0 aliphatic carbocycles. The number of ether oxygens (including phenoxy) is 1. The third kappa shape index (κ3) is 3.09. The molecule has 4 aromatic rings. The molecule has 5 nitrogen and oxygen atoms in total. The Labute approximate surface area is 155 Å². The maximum Gasteiger partial charge on any atom is 0.141 e. The van der Waals surface area contributed by atoms with E-state index < -0.39 is 6.10 Å². The molecule has 3 aromatic carbocycles. The zero-order chi connectivity index (χ0) is 19.0. The van der Waals surface area contributed by atoms with Gasteiger partial charge in [0.05, 0.1) is 7.11 Å². The maximum atomic E-state index is 11.1. The summed E-state index contributed by atoms with van der Waals surface area (Å²) in [6.45, 7) is 0. The molecular formula is C22H18O5. The lowest BCUT2D eigenvalue weighted by molar-refractivity contribution is 0.221. The van der Waals surface area contributed by atoms with Gasteiger partial charge in [-0.25, -0.2) is 0 Å². The highest BCUT2D eigenvalue weighted by molar-refractivity contribution is 5.89. The number of hydrogen-bond acceptors (Lipinski definition) is 5. The summed E-state index contributed by atoms with van der Waals surface area (Å²) in [5, 5.41) is 31.1. The molecule has 1 atom stereocenters. The van der Waals surface area contributed by atoms with Crippen LogP contribution in [0.3, 0.4) is 0 Å². The molecule has 4 rings (SSSR count). The lowest BCUT2D eigenvalue weighted by atomic mass is 9.96. The summed E-state index contributed by atoms with van der Waals surface area (Å²) in [4.78, 5) is 0. The Morgan fingerprint density at radius 2 is 1.52 bits per heavy atom. The summed E-state index contributed by atoms with van der Waals surface area (Å²) in [5.41, 5.74) is 2.47. The molecule has 3 N–H and O–H groups in total. The van der Waals surface area contributed by atoms with Gasteiger partial charge in [-0.05, 0) is 54.1 Å². The summed E-state index contributed by atoms with van der Waals surface area (Å²) in [5.74, 6) is 1.41. The van der Waals surface area contributed by atoms with Crippen molar-refractivity contribution in [2.24, 2.45) is 0 Å². The Balaban J connectivity index is 1.90. The van der Waals surface area contributed by atoms with Gasteiger partial charge in [0.25, 0.3) is 0 Å². The third-order valence-corrected chi connectivity index (χ3v) is 4.55. The van der Waals surface area contributed by atoms with Crippen LogP contribution in [0.25, 0.3) is 22.3 Å². The molecule has 0 saturated carbocycles. The van der Waals surface area contributed by atoms with Crippen LogP contribution in [0, 0.1) is 0 Å². The number of phenols is 2. The first-order valence-corrected chi connectivity index (χ1v) is 8.43. The highest BCUT2D eigenvalue weighted by atomic mass is 16.5. The molecule has 0 bridgehead atoms. The maximum absolute atomic E-state index is 11.1. The summed E-state index contributed by atoms with van der Waals surface area (Å²) in [6.07, 6.45) is -0.939. The molecule has 0 fully saturated rings. The second-order valence-electron chi connectivity index (χ2n) is 6.25. The average Bonchev–Trinajstić information content (AvgIpc) is 3.06. The molecule has 27 heavy (non-hydrogen) atoms. The molecule has 0 aliphatic heterocycles. The van der Waals surface area contributed by atoms with Crippen molar-refractivity contribution in [1.82, 2.24) is 0 Å². The lowest BCUT2D eigenvalue weighted by Gasteiger charge is -2.13. The fourth-order valence-electron chi connectivity index (χ4n) is 3.16. The second kappa shape index (κ2) is 6.70. The van der Waals surface area contributed by atoms with Crippen LogP contribution in [0.2, 0.25) is 0 Å². The molecule has 1 aromatic heterocycles. The quantitative estimate of drug-likeness (QED) is 0.494. The van der Waals surface area contributed by atoms with Gasteiger partial charge in [-0.2, -0.15) is 0 Å². The first-order valence-electron chi connectivity index (χ1n) is 8.43. The van der Waals surface area contributed by atoms with Crippen LogP contribution in [-0.2, 0) is 0 Å². The summed E-state index contributed by atoms with van der Waals surface area (Å²) in [7, 11) is 1.59. The minimum absolute atomic E-state index is 0.0824. The van der Waals surface area contributed by atoms with E-state index in [0.29, 0.717) is 39.2 Å². The second-order valence-corrected chi connectivity index (χ2v) is 6.25. The number of rotatable bonds is 4. The minimum Gasteiger partial charge on any atom is -0.508 e. The third-order valence-electron chi connectivity index (χ3n) is 4.55. The number of furan rings is 1. The van der Waals surface area contributed by atoms with Crippen molar-refractivity contribution in [1.29, 1.82) is 0 Å². The van der Waals surface area contributed by atoms with Crippen molar-refractivity contribution in [2.75, 3.05) is 7.11 Å². The van der Waals surface area contributed by atoms with Gasteiger partial charge in [-0.1, -0.05) is 12.1 Å². The highest BCUT2D eigenvalue weighted by Crippen LogP contribution is 2.41. The van der Waals surface area contributed by atoms with Crippen molar-refractivity contribution in [3.05, 3.63) is 77.9 Å². The Hall–Kier alpha value is -3.44. The van der Waals surface area contributed by atoms with E-state index in [-0.39, 0.29) is 11.5 Å². The van der Waals surface area contributed by atoms with Gasteiger partial charge in [0, 0.05) is 22.6 Å². The summed E-state index contributed by atoms with van der Waals surface area (Å²) < 4.78 is 11.1. The summed E-state index contributed by atoms with van der Waals surface area (Å²) >= 11 is 0. The number of aliphatic hydroxyl groups excluding tert-OH is 1. The predicted octanol–water partition coefficient (Wildman–Crippen LogP) is 4.60. The van der Waals surface area contributed by atoms with Crippen molar-refractivity contribution < 1.29 is 24.5 Å². The first-order chi connectivity index (χ1) is 13.1. The number of aliphatic hydroxyl groups is 1. The van der Waals surface area contributed by atoms with E-state index in [1.165, 1.54) is 6.07 Å². The number of hydrogen-bond donors (Lipinski definition) is 3. The van der Waals surface area contributed by atoms with Crippen LogP contribution in [0.5, 0.6) is 17.2 Å². The number of aromatic hydroxyl groups is 2. The average molecular weight is 362 g/mol. The Morgan fingerprint density at radius 3 is 2.19 bits per heavy atom. The Bertz CT molecular complexity index is 1080. The van der Waals surface area contributed by atoms with Crippen LogP contribution in [0.15, 0.2) is 71.1 Å². The normalized spacial score (nSPS) is 12.2.